The molecule has 0 unspecified atom stereocenters. The van der Waals surface area contributed by atoms with Crippen molar-refractivity contribution in [2.75, 3.05) is 19.7 Å². The number of halogens is 4. The summed E-state index contributed by atoms with van der Waals surface area (Å²) in [7, 11) is 0. The Morgan fingerprint density at radius 3 is 2.70 bits per heavy atom. The highest BCUT2D eigenvalue weighted by atomic mass is 19.4. The van der Waals surface area contributed by atoms with Gasteiger partial charge >= 0.3 is 12.4 Å². The largest absolute Gasteiger partial charge is 0.573 e. The van der Waals surface area contributed by atoms with Crippen molar-refractivity contribution in [2.45, 2.75) is 31.2 Å². The number of hydrogen-bond donors (Lipinski definition) is 1. The molecule has 30 heavy (non-hydrogen) atoms. The van der Waals surface area contributed by atoms with E-state index in [0.29, 0.717) is 24.5 Å². The quantitative estimate of drug-likeness (QED) is 0.757. The van der Waals surface area contributed by atoms with Gasteiger partial charge in [0.15, 0.2) is 11.6 Å². The van der Waals surface area contributed by atoms with Crippen molar-refractivity contribution < 1.29 is 31.8 Å². The maximum absolute atomic E-state index is 14.5. The van der Waals surface area contributed by atoms with Crippen molar-refractivity contribution in [3.63, 3.8) is 0 Å². The van der Waals surface area contributed by atoms with Crippen molar-refractivity contribution in [3.05, 3.63) is 53.6 Å². The van der Waals surface area contributed by atoms with Crippen LogP contribution < -0.4 is 14.8 Å². The fraction of sp³-hybridized carbons (Fsp3) is 0.400. The smallest absolute Gasteiger partial charge is 0.491 e. The molecular formula is C20H19F4N3O3. The molecule has 2 aliphatic rings. The Balaban J connectivity index is 1.77. The number of nitrogens with zero attached hydrogens (tertiary/aromatic N) is 2. The third-order valence-electron chi connectivity index (χ3n) is 5.27. The van der Waals surface area contributed by atoms with Crippen LogP contribution in [0.4, 0.5) is 22.4 Å². The minimum Gasteiger partial charge on any atom is -0.491 e. The Morgan fingerprint density at radius 1 is 1.23 bits per heavy atom. The summed E-state index contributed by atoms with van der Waals surface area (Å²) in [4.78, 5) is 18.9. The second kappa shape index (κ2) is 7.66. The Morgan fingerprint density at radius 2 is 2.00 bits per heavy atom. The molecule has 0 saturated carbocycles. The normalized spacial score (nSPS) is 21.0. The fourth-order valence-corrected chi connectivity index (χ4v) is 3.89. The van der Waals surface area contributed by atoms with Crippen molar-refractivity contribution in [3.8, 4) is 11.5 Å². The molecule has 0 bridgehead atoms. The van der Waals surface area contributed by atoms with Crippen molar-refractivity contribution in [1.29, 1.82) is 0 Å². The molecule has 2 amide bonds. The molecular weight excluding hydrogens is 406 g/mol. The van der Waals surface area contributed by atoms with Crippen LogP contribution >= 0.6 is 0 Å². The predicted octanol–water partition coefficient (Wildman–Crippen LogP) is 3.95. The molecule has 1 N–H and O–H groups in total. The average molecular weight is 425 g/mol. The number of benzene rings is 1. The molecule has 3 heterocycles. The highest BCUT2D eigenvalue weighted by molar-refractivity contribution is 5.76. The van der Waals surface area contributed by atoms with Crippen LogP contribution in [-0.4, -0.2) is 42.0 Å². The summed E-state index contributed by atoms with van der Waals surface area (Å²) in [5, 5.41) is 2.96. The monoisotopic (exact) mass is 425 g/mol. The molecule has 0 spiro atoms. The van der Waals surface area contributed by atoms with E-state index in [4.69, 9.17) is 4.74 Å². The third kappa shape index (κ3) is 3.86. The number of alkyl halides is 3. The molecule has 10 heteroatoms. The van der Waals surface area contributed by atoms with Gasteiger partial charge in [-0.1, -0.05) is 6.07 Å². The summed E-state index contributed by atoms with van der Waals surface area (Å²) in [6.07, 6.45) is -1.50. The summed E-state index contributed by atoms with van der Waals surface area (Å²) >= 11 is 0. The predicted molar refractivity (Wildman–Crippen MR) is 97.6 cm³/mol. The number of rotatable bonds is 3. The number of fused-ring (bicyclic) bond motifs is 1. The van der Waals surface area contributed by atoms with Gasteiger partial charge in [0.2, 0.25) is 0 Å². The molecule has 0 aliphatic carbocycles. The van der Waals surface area contributed by atoms with E-state index in [0.717, 1.165) is 25.0 Å². The lowest BCUT2D eigenvalue weighted by molar-refractivity contribution is -0.275. The average Bonchev–Trinajstić information content (AvgIpc) is 3.24. The second-order valence-corrected chi connectivity index (χ2v) is 7.17. The van der Waals surface area contributed by atoms with Crippen molar-refractivity contribution >= 4 is 6.03 Å². The molecule has 1 aromatic carbocycles. The van der Waals surface area contributed by atoms with E-state index in [9.17, 15) is 22.4 Å². The lowest BCUT2D eigenvalue weighted by Gasteiger charge is -2.39. The van der Waals surface area contributed by atoms with Crippen LogP contribution in [0.15, 0.2) is 36.5 Å². The van der Waals surface area contributed by atoms with Crippen LogP contribution in [0, 0.1) is 5.82 Å². The van der Waals surface area contributed by atoms with Crippen LogP contribution in [0.1, 0.15) is 30.5 Å². The van der Waals surface area contributed by atoms with Crippen LogP contribution in [0.3, 0.4) is 0 Å². The number of hydrogen-bond acceptors (Lipinski definition) is 4. The Kier molecular flexibility index (Phi) is 5.17. The maximum atomic E-state index is 14.5. The number of ether oxygens (including phenoxy) is 2. The lowest BCUT2D eigenvalue weighted by Crippen LogP contribution is -2.54. The van der Waals surface area contributed by atoms with E-state index in [1.807, 2.05) is 0 Å². The molecule has 1 fully saturated rings. The number of carbonyl (C=O) groups excluding carboxylic acids is 1. The van der Waals surface area contributed by atoms with E-state index >= 15 is 0 Å². The first-order valence-electron chi connectivity index (χ1n) is 9.50. The standard InChI is InChI=1S/C20H19F4N3O3/c21-14-12-13(5-6-15(14)30-20(22,23)24)19(26-18(28)27-9-1-2-10-27)7-11-29-16-4-3-8-25-17(16)19/h3-6,8,12H,1-2,7,9-11H2,(H,26,28)/t19-/m0/s1. The van der Waals surface area contributed by atoms with Gasteiger partial charge in [-0.3, -0.25) is 4.98 Å². The molecule has 2 aromatic rings. The number of urea groups is 1. The van der Waals surface area contributed by atoms with Gasteiger partial charge in [0.25, 0.3) is 0 Å². The first-order chi connectivity index (χ1) is 14.3. The first-order valence-corrected chi connectivity index (χ1v) is 9.50. The minimum absolute atomic E-state index is 0.210. The van der Waals surface area contributed by atoms with Gasteiger partial charge in [0.05, 0.1) is 6.61 Å². The number of nitrogens with one attached hydrogen (secondary N) is 1. The highest BCUT2D eigenvalue weighted by Crippen LogP contribution is 2.42. The topological polar surface area (TPSA) is 63.7 Å². The zero-order valence-electron chi connectivity index (χ0n) is 15.8. The maximum Gasteiger partial charge on any atom is 0.573 e. The van der Waals surface area contributed by atoms with Gasteiger partial charge < -0.3 is 19.7 Å². The SMILES string of the molecule is O=C(N[C@]1(c2ccc(OC(F)(F)F)c(F)c2)CCOc2cccnc21)N1CCCC1. The fourth-order valence-electron chi connectivity index (χ4n) is 3.89. The second-order valence-electron chi connectivity index (χ2n) is 7.17. The van der Waals surface area contributed by atoms with Crippen molar-refractivity contribution in [1.82, 2.24) is 15.2 Å². The van der Waals surface area contributed by atoms with Gasteiger partial charge in [-0.05, 0) is 42.7 Å². The molecule has 6 nitrogen and oxygen atoms in total. The molecule has 1 aromatic heterocycles. The highest BCUT2D eigenvalue weighted by Gasteiger charge is 2.44. The molecule has 0 radical (unpaired) electrons. The molecule has 1 saturated heterocycles. The van der Waals surface area contributed by atoms with Gasteiger partial charge in [-0.25, -0.2) is 9.18 Å². The molecule has 4 rings (SSSR count). The minimum atomic E-state index is -5.02. The number of amides is 2. The summed E-state index contributed by atoms with van der Waals surface area (Å²) < 4.78 is 61.4. The van der Waals surface area contributed by atoms with Gasteiger partial charge in [-0.15, -0.1) is 13.2 Å². The molecule has 160 valence electrons. The van der Waals surface area contributed by atoms with Gasteiger partial charge in [-0.2, -0.15) is 0 Å². The zero-order valence-corrected chi connectivity index (χ0v) is 15.8. The third-order valence-corrected chi connectivity index (χ3v) is 5.27. The Labute approximate surface area is 169 Å². The number of likely N-dealkylation sites (tertiary alicyclic amines) is 1. The Hall–Kier alpha value is -3.04. The molecule has 2 aliphatic heterocycles. The van der Waals surface area contributed by atoms with Gasteiger partial charge in [0.1, 0.15) is 17.0 Å². The number of pyridine rings is 1. The zero-order chi connectivity index (χ0) is 21.4. The molecule has 1 atom stereocenters. The summed E-state index contributed by atoms with van der Waals surface area (Å²) in [6, 6.07) is 6.14. The van der Waals surface area contributed by atoms with E-state index in [-0.39, 0.29) is 24.6 Å². The van der Waals surface area contributed by atoms with Crippen LogP contribution in [0.5, 0.6) is 11.5 Å². The van der Waals surface area contributed by atoms with Crippen LogP contribution in [0.25, 0.3) is 0 Å². The first kappa shape index (κ1) is 20.2. The van der Waals surface area contributed by atoms with E-state index in [2.05, 4.69) is 15.0 Å². The number of aromatic nitrogens is 1. The van der Waals surface area contributed by atoms with Gasteiger partial charge in [0, 0.05) is 25.7 Å². The Bertz CT molecular complexity index is 947. The van der Waals surface area contributed by atoms with E-state index in [1.165, 1.54) is 12.3 Å². The van der Waals surface area contributed by atoms with E-state index < -0.39 is 23.5 Å². The van der Waals surface area contributed by atoms with E-state index in [1.54, 1.807) is 17.0 Å². The van der Waals surface area contributed by atoms with Crippen LogP contribution in [-0.2, 0) is 5.54 Å². The summed E-state index contributed by atoms with van der Waals surface area (Å²) in [5.41, 5.74) is -0.635. The van der Waals surface area contributed by atoms with Crippen LogP contribution in [0.2, 0.25) is 0 Å². The summed E-state index contributed by atoms with van der Waals surface area (Å²) in [5.74, 6) is -1.72. The van der Waals surface area contributed by atoms with Crippen molar-refractivity contribution in [2.24, 2.45) is 0 Å². The summed E-state index contributed by atoms with van der Waals surface area (Å²) in [6.45, 7) is 1.40. The number of carbonyl (C=O) groups is 1. The lowest BCUT2D eigenvalue weighted by atomic mass is 9.81.